The second-order valence-electron chi connectivity index (χ2n) is 8.33. The molecule has 1 fully saturated rings. The van der Waals surface area contributed by atoms with Crippen LogP contribution in [-0.2, 0) is 19.1 Å². The number of aromatic nitrogens is 2. The number of amides is 1. The predicted octanol–water partition coefficient (Wildman–Crippen LogP) is 4.62. The lowest BCUT2D eigenvalue weighted by Crippen LogP contribution is -2.39. The monoisotopic (exact) mass is 454 g/mol. The molecule has 4 rings (SSSR count). The molecule has 10 heteroatoms. The number of piperidine rings is 1. The van der Waals surface area contributed by atoms with E-state index in [4.69, 9.17) is 0 Å². The number of carbonyl (C=O) groups is 1. The minimum Gasteiger partial charge on any atom is -0.369 e. The molecule has 0 saturated carbocycles. The Bertz CT molecular complexity index is 1050. The summed E-state index contributed by atoms with van der Waals surface area (Å²) in [5.74, 6) is -4.29. The molecule has 1 amide bonds. The average molecular weight is 454 g/mol. The van der Waals surface area contributed by atoms with Gasteiger partial charge in [0.15, 0.2) is 17.3 Å². The number of fused-ring (bicyclic) bond motifs is 1. The van der Waals surface area contributed by atoms with Gasteiger partial charge in [-0.25, -0.2) is 8.78 Å². The zero-order valence-electron chi connectivity index (χ0n) is 17.5. The zero-order valence-corrected chi connectivity index (χ0v) is 17.5. The van der Waals surface area contributed by atoms with E-state index < -0.39 is 29.3 Å². The third-order valence-electron chi connectivity index (χ3n) is 6.31. The Balaban J connectivity index is 1.49. The van der Waals surface area contributed by atoms with Crippen LogP contribution in [0.4, 0.5) is 22.0 Å². The molecule has 1 aromatic carbocycles. The fourth-order valence-electron chi connectivity index (χ4n) is 4.56. The van der Waals surface area contributed by atoms with Crippen molar-refractivity contribution in [1.82, 2.24) is 20.0 Å². The molecule has 0 unspecified atom stereocenters. The van der Waals surface area contributed by atoms with Gasteiger partial charge in [0, 0.05) is 30.9 Å². The predicted molar refractivity (Wildman–Crippen MR) is 107 cm³/mol. The molecule has 1 N–H and O–H groups in total. The van der Waals surface area contributed by atoms with E-state index in [1.54, 1.807) is 4.90 Å². The van der Waals surface area contributed by atoms with Crippen LogP contribution in [0.2, 0.25) is 0 Å². The molecule has 0 aliphatic carbocycles. The third kappa shape index (κ3) is 3.98. The highest BCUT2D eigenvalue weighted by atomic mass is 19.4. The van der Waals surface area contributed by atoms with Crippen molar-refractivity contribution in [2.24, 2.45) is 0 Å². The van der Waals surface area contributed by atoms with E-state index in [-0.39, 0.29) is 37.4 Å². The van der Waals surface area contributed by atoms with Crippen LogP contribution < -0.4 is 0 Å². The van der Waals surface area contributed by atoms with Crippen LogP contribution in [0, 0.1) is 11.6 Å². The molecular weight excluding hydrogens is 431 g/mol. The SMILES string of the molecule is C=C(C)N1CCc2c(C(=O)N3CCC(c4ccc(F)c(F)c4C(F)(F)F)CC3)n[nH]c2C1. The van der Waals surface area contributed by atoms with Crippen LogP contribution in [0.1, 0.15) is 58.6 Å². The minimum absolute atomic E-state index is 0.208. The van der Waals surface area contributed by atoms with Gasteiger partial charge < -0.3 is 9.80 Å². The summed E-state index contributed by atoms with van der Waals surface area (Å²) in [7, 11) is 0. The van der Waals surface area contributed by atoms with Crippen molar-refractivity contribution in [2.45, 2.75) is 44.8 Å². The highest BCUT2D eigenvalue weighted by Crippen LogP contribution is 2.41. The van der Waals surface area contributed by atoms with E-state index in [0.717, 1.165) is 35.6 Å². The number of allylic oxidation sites excluding steroid dienone is 1. The summed E-state index contributed by atoms with van der Waals surface area (Å²) in [6, 6.07) is 1.72. The summed E-state index contributed by atoms with van der Waals surface area (Å²) in [6.07, 6.45) is -3.92. The first kappa shape index (κ1) is 22.3. The van der Waals surface area contributed by atoms with E-state index in [1.807, 2.05) is 6.92 Å². The standard InChI is InChI=1S/C22H23F5N4O/c1-12(2)31-10-7-15-17(11-31)28-29-20(15)21(32)30-8-5-13(6-9-30)14-3-4-16(23)19(24)18(14)22(25,26)27/h3-4,13H,1,5-11H2,2H3,(H,28,29). The summed E-state index contributed by atoms with van der Waals surface area (Å²) in [5.41, 5.74) is 1.16. The molecule has 0 spiro atoms. The summed E-state index contributed by atoms with van der Waals surface area (Å²) in [4.78, 5) is 16.7. The molecule has 32 heavy (non-hydrogen) atoms. The number of H-pyrrole nitrogens is 1. The summed E-state index contributed by atoms with van der Waals surface area (Å²) in [5, 5.41) is 7.12. The van der Waals surface area contributed by atoms with Crippen molar-refractivity contribution in [2.75, 3.05) is 19.6 Å². The lowest BCUT2D eigenvalue weighted by Gasteiger charge is -2.33. The highest BCUT2D eigenvalue weighted by Gasteiger charge is 2.41. The molecule has 5 nitrogen and oxygen atoms in total. The van der Waals surface area contributed by atoms with Gasteiger partial charge in [0.25, 0.3) is 5.91 Å². The molecule has 1 aromatic heterocycles. The average Bonchev–Trinajstić information content (AvgIpc) is 3.17. The Hall–Kier alpha value is -2.91. The van der Waals surface area contributed by atoms with Crippen LogP contribution in [0.5, 0.6) is 0 Å². The van der Waals surface area contributed by atoms with Crippen molar-refractivity contribution < 1.29 is 26.7 Å². The Kier molecular flexibility index (Phi) is 5.72. The summed E-state index contributed by atoms with van der Waals surface area (Å²) in [6.45, 7) is 7.57. The molecule has 2 aliphatic heterocycles. The van der Waals surface area contributed by atoms with Crippen molar-refractivity contribution in [3.63, 3.8) is 0 Å². The largest absolute Gasteiger partial charge is 0.419 e. The first-order valence-electron chi connectivity index (χ1n) is 10.4. The van der Waals surface area contributed by atoms with Gasteiger partial charge in [-0.05, 0) is 43.7 Å². The van der Waals surface area contributed by atoms with Gasteiger partial charge in [0.1, 0.15) is 0 Å². The van der Waals surface area contributed by atoms with E-state index in [2.05, 4.69) is 21.7 Å². The number of nitrogens with zero attached hydrogens (tertiary/aromatic N) is 3. The van der Waals surface area contributed by atoms with E-state index in [1.165, 1.54) is 0 Å². The van der Waals surface area contributed by atoms with Crippen molar-refractivity contribution >= 4 is 5.91 Å². The first-order chi connectivity index (χ1) is 15.1. The Morgan fingerprint density at radius 3 is 2.47 bits per heavy atom. The third-order valence-corrected chi connectivity index (χ3v) is 6.31. The van der Waals surface area contributed by atoms with Crippen LogP contribution in [0.15, 0.2) is 24.4 Å². The number of likely N-dealkylation sites (tertiary alicyclic amines) is 1. The maximum Gasteiger partial charge on any atom is 0.419 e. The minimum atomic E-state index is -5.00. The van der Waals surface area contributed by atoms with Gasteiger partial charge in [-0.1, -0.05) is 12.6 Å². The normalized spacial score (nSPS) is 17.4. The van der Waals surface area contributed by atoms with Crippen molar-refractivity contribution in [3.8, 4) is 0 Å². The second kappa shape index (κ2) is 8.22. The number of hydrogen-bond donors (Lipinski definition) is 1. The number of carbonyl (C=O) groups excluding carboxylic acids is 1. The molecule has 172 valence electrons. The number of halogens is 5. The fraction of sp³-hybridized carbons (Fsp3) is 0.455. The number of benzene rings is 1. The Morgan fingerprint density at radius 1 is 1.16 bits per heavy atom. The highest BCUT2D eigenvalue weighted by molar-refractivity contribution is 5.94. The first-order valence-corrected chi connectivity index (χ1v) is 10.4. The second-order valence-corrected chi connectivity index (χ2v) is 8.33. The van der Waals surface area contributed by atoms with E-state index in [0.29, 0.717) is 18.7 Å². The molecule has 1 saturated heterocycles. The molecule has 3 heterocycles. The fourth-order valence-corrected chi connectivity index (χ4v) is 4.56. The van der Waals surface area contributed by atoms with E-state index >= 15 is 0 Å². The number of alkyl halides is 3. The maximum absolute atomic E-state index is 14.0. The van der Waals surface area contributed by atoms with Crippen LogP contribution in [0.25, 0.3) is 0 Å². The molecule has 2 aliphatic rings. The number of aromatic amines is 1. The number of hydrogen-bond acceptors (Lipinski definition) is 3. The number of nitrogens with one attached hydrogen (secondary N) is 1. The summed E-state index contributed by atoms with van der Waals surface area (Å²) < 4.78 is 67.5. The molecule has 0 atom stereocenters. The van der Waals surface area contributed by atoms with Crippen LogP contribution in [0.3, 0.4) is 0 Å². The number of rotatable bonds is 3. The Labute approximate surface area is 181 Å². The van der Waals surface area contributed by atoms with Crippen molar-refractivity contribution in [1.29, 1.82) is 0 Å². The van der Waals surface area contributed by atoms with Crippen molar-refractivity contribution in [3.05, 3.63) is 64.1 Å². The van der Waals surface area contributed by atoms with Crippen LogP contribution >= 0.6 is 0 Å². The molecule has 0 bridgehead atoms. The van der Waals surface area contributed by atoms with Gasteiger partial charge >= 0.3 is 6.18 Å². The van der Waals surface area contributed by atoms with E-state index in [9.17, 15) is 26.7 Å². The topological polar surface area (TPSA) is 52.2 Å². The molecule has 2 aromatic rings. The van der Waals surface area contributed by atoms with Crippen LogP contribution in [-0.4, -0.2) is 45.5 Å². The zero-order chi connectivity index (χ0) is 23.2. The van der Waals surface area contributed by atoms with Gasteiger partial charge in [-0.3, -0.25) is 9.89 Å². The lowest BCUT2D eigenvalue weighted by molar-refractivity contribution is -0.141. The summed E-state index contributed by atoms with van der Waals surface area (Å²) >= 11 is 0. The maximum atomic E-state index is 14.0. The molecular formula is C22H23F5N4O. The van der Waals surface area contributed by atoms with Gasteiger partial charge in [-0.2, -0.15) is 18.3 Å². The van der Waals surface area contributed by atoms with Gasteiger partial charge in [0.2, 0.25) is 0 Å². The lowest BCUT2D eigenvalue weighted by atomic mass is 9.85. The molecule has 0 radical (unpaired) electrons. The van der Waals surface area contributed by atoms with Gasteiger partial charge in [0.05, 0.1) is 17.8 Å². The Morgan fingerprint density at radius 2 is 1.84 bits per heavy atom. The quantitative estimate of drug-likeness (QED) is 0.689. The smallest absolute Gasteiger partial charge is 0.369 e. The van der Waals surface area contributed by atoms with Gasteiger partial charge in [-0.15, -0.1) is 0 Å².